The molecule has 2 amide bonds. The largest absolute Gasteiger partial charge is 0.497 e. The lowest BCUT2D eigenvalue weighted by atomic mass is 10.1. The number of rotatable bonds is 4. The molecule has 1 aliphatic rings. The zero-order chi connectivity index (χ0) is 14.5. The van der Waals surface area contributed by atoms with Crippen LogP contribution in [0.1, 0.15) is 19.3 Å². The minimum absolute atomic E-state index is 0.167. The van der Waals surface area contributed by atoms with Gasteiger partial charge in [0.25, 0.3) is 0 Å². The summed E-state index contributed by atoms with van der Waals surface area (Å²) in [6.07, 6.45) is 2.54. The van der Waals surface area contributed by atoms with Gasteiger partial charge in [-0.15, -0.1) is 0 Å². The number of ether oxygens (including phenoxy) is 1. The predicted octanol–water partition coefficient (Wildman–Crippen LogP) is 2.74. The highest BCUT2D eigenvalue weighted by molar-refractivity contribution is 9.10. The van der Waals surface area contributed by atoms with Crippen LogP contribution in [0.2, 0.25) is 0 Å². The molecule has 0 spiro atoms. The highest BCUT2D eigenvalue weighted by Crippen LogP contribution is 2.27. The molecule has 3 N–H and O–H groups in total. The molecule has 1 aliphatic carbocycles. The van der Waals surface area contributed by atoms with Gasteiger partial charge in [0.1, 0.15) is 5.75 Å². The molecule has 110 valence electrons. The van der Waals surface area contributed by atoms with Crippen molar-refractivity contribution in [1.82, 2.24) is 5.32 Å². The molecule has 20 heavy (non-hydrogen) atoms. The van der Waals surface area contributed by atoms with Gasteiger partial charge in [0.2, 0.25) is 0 Å². The number of hydrogen-bond donors (Lipinski definition) is 3. The first-order chi connectivity index (χ1) is 9.60. The molecular formula is C14H19BrN2O3. The van der Waals surface area contributed by atoms with Crippen LogP contribution in [0.25, 0.3) is 0 Å². The number of amides is 2. The first kappa shape index (κ1) is 15.1. The van der Waals surface area contributed by atoms with Gasteiger partial charge in [-0.25, -0.2) is 4.79 Å². The van der Waals surface area contributed by atoms with Gasteiger partial charge in [0, 0.05) is 16.9 Å². The average molecular weight is 343 g/mol. The van der Waals surface area contributed by atoms with E-state index in [1.165, 1.54) is 0 Å². The fraction of sp³-hybridized carbons (Fsp3) is 0.500. The van der Waals surface area contributed by atoms with Crippen molar-refractivity contribution >= 4 is 27.6 Å². The Hall–Kier alpha value is -1.27. The number of methoxy groups -OCH3 is 1. The second-order valence-corrected chi connectivity index (χ2v) is 5.79. The first-order valence-corrected chi connectivity index (χ1v) is 7.46. The van der Waals surface area contributed by atoms with Crippen LogP contribution in [-0.2, 0) is 0 Å². The number of urea groups is 1. The fourth-order valence-corrected chi connectivity index (χ4v) is 2.83. The lowest BCUT2D eigenvalue weighted by Crippen LogP contribution is -2.35. The number of carbonyl (C=O) groups is 1. The van der Waals surface area contributed by atoms with Crippen LogP contribution in [0, 0.1) is 5.92 Å². The van der Waals surface area contributed by atoms with Gasteiger partial charge < -0.3 is 20.5 Å². The Balaban J connectivity index is 1.85. The summed E-state index contributed by atoms with van der Waals surface area (Å²) in [6.45, 7) is 0.501. The lowest BCUT2D eigenvalue weighted by molar-refractivity contribution is 0.133. The maximum absolute atomic E-state index is 11.8. The van der Waals surface area contributed by atoms with E-state index >= 15 is 0 Å². The van der Waals surface area contributed by atoms with Crippen LogP contribution in [0.5, 0.6) is 5.75 Å². The van der Waals surface area contributed by atoms with Crippen molar-refractivity contribution in [2.24, 2.45) is 5.92 Å². The van der Waals surface area contributed by atoms with E-state index in [2.05, 4.69) is 26.6 Å². The Morgan fingerprint density at radius 2 is 2.30 bits per heavy atom. The molecule has 0 radical (unpaired) electrons. The Morgan fingerprint density at radius 3 is 2.90 bits per heavy atom. The van der Waals surface area contributed by atoms with E-state index < -0.39 is 0 Å². The predicted molar refractivity (Wildman–Crippen MR) is 81.1 cm³/mol. The molecule has 1 saturated carbocycles. The summed E-state index contributed by atoms with van der Waals surface area (Å²) >= 11 is 3.38. The van der Waals surface area contributed by atoms with Gasteiger partial charge >= 0.3 is 6.03 Å². The number of anilines is 1. The molecule has 0 aromatic heterocycles. The third kappa shape index (κ3) is 3.86. The highest BCUT2D eigenvalue weighted by Gasteiger charge is 2.25. The van der Waals surface area contributed by atoms with Crippen molar-refractivity contribution in [3.63, 3.8) is 0 Å². The van der Waals surface area contributed by atoms with Crippen LogP contribution in [0.3, 0.4) is 0 Å². The zero-order valence-electron chi connectivity index (χ0n) is 11.4. The maximum Gasteiger partial charge on any atom is 0.319 e. The molecule has 2 unspecified atom stereocenters. The summed E-state index contributed by atoms with van der Waals surface area (Å²) in [7, 11) is 1.59. The first-order valence-electron chi connectivity index (χ1n) is 6.66. The number of benzene rings is 1. The molecule has 1 fully saturated rings. The van der Waals surface area contributed by atoms with Crippen molar-refractivity contribution in [3.05, 3.63) is 22.7 Å². The van der Waals surface area contributed by atoms with E-state index in [1.54, 1.807) is 25.3 Å². The maximum atomic E-state index is 11.8. The summed E-state index contributed by atoms with van der Waals surface area (Å²) in [4.78, 5) is 11.8. The van der Waals surface area contributed by atoms with E-state index in [0.29, 0.717) is 12.2 Å². The van der Waals surface area contributed by atoms with Gasteiger partial charge in [0.05, 0.1) is 18.9 Å². The van der Waals surface area contributed by atoms with Crippen LogP contribution in [-0.4, -0.2) is 30.9 Å². The average Bonchev–Trinajstić information content (AvgIpc) is 2.84. The Morgan fingerprint density at radius 1 is 1.50 bits per heavy atom. The minimum atomic E-state index is -0.289. The summed E-state index contributed by atoms with van der Waals surface area (Å²) in [5.41, 5.74) is 0.676. The molecule has 2 atom stereocenters. The van der Waals surface area contributed by atoms with Crippen molar-refractivity contribution in [2.45, 2.75) is 25.4 Å². The lowest BCUT2D eigenvalue weighted by Gasteiger charge is -2.16. The Bertz CT molecular complexity index is 481. The van der Waals surface area contributed by atoms with Crippen LogP contribution in [0.4, 0.5) is 10.5 Å². The highest BCUT2D eigenvalue weighted by atomic mass is 79.9. The molecule has 0 bridgehead atoms. The number of carbonyl (C=O) groups excluding carboxylic acids is 1. The standard InChI is InChI=1S/C14H19BrN2O3/c1-20-10-5-6-12(11(15)7-10)17-14(19)16-8-9-3-2-4-13(9)18/h5-7,9,13,18H,2-4,8H2,1H3,(H2,16,17,19). The van der Waals surface area contributed by atoms with Gasteiger partial charge in [-0.3, -0.25) is 0 Å². The van der Waals surface area contributed by atoms with Gasteiger partial charge in [0.15, 0.2) is 0 Å². The zero-order valence-corrected chi connectivity index (χ0v) is 12.9. The molecule has 0 heterocycles. The monoisotopic (exact) mass is 342 g/mol. The van der Waals surface area contributed by atoms with Gasteiger partial charge in [-0.05, 0) is 47.0 Å². The number of halogens is 1. The van der Waals surface area contributed by atoms with E-state index in [4.69, 9.17) is 4.74 Å². The van der Waals surface area contributed by atoms with Gasteiger partial charge in [-0.1, -0.05) is 6.42 Å². The van der Waals surface area contributed by atoms with E-state index in [0.717, 1.165) is 29.5 Å². The number of nitrogens with one attached hydrogen (secondary N) is 2. The topological polar surface area (TPSA) is 70.6 Å². The van der Waals surface area contributed by atoms with E-state index in [-0.39, 0.29) is 18.1 Å². The number of aliphatic hydroxyl groups excluding tert-OH is 1. The summed E-state index contributed by atoms with van der Waals surface area (Å²) in [5, 5.41) is 15.3. The molecule has 6 heteroatoms. The summed E-state index contributed by atoms with van der Waals surface area (Å²) < 4.78 is 5.85. The quantitative estimate of drug-likeness (QED) is 0.787. The van der Waals surface area contributed by atoms with Crippen molar-refractivity contribution in [3.8, 4) is 5.75 Å². The second-order valence-electron chi connectivity index (χ2n) is 4.94. The normalized spacial score (nSPS) is 21.6. The van der Waals surface area contributed by atoms with Crippen LogP contribution < -0.4 is 15.4 Å². The summed E-state index contributed by atoms with van der Waals surface area (Å²) in [6, 6.07) is 5.07. The molecular weight excluding hydrogens is 324 g/mol. The molecule has 0 aliphatic heterocycles. The Kier molecular flexibility index (Phi) is 5.25. The van der Waals surface area contributed by atoms with Gasteiger partial charge in [-0.2, -0.15) is 0 Å². The number of hydrogen-bond acceptors (Lipinski definition) is 3. The second kappa shape index (κ2) is 6.95. The molecule has 1 aromatic carbocycles. The number of aliphatic hydroxyl groups is 1. The molecule has 5 nitrogen and oxygen atoms in total. The van der Waals surface area contributed by atoms with Crippen molar-refractivity contribution < 1.29 is 14.6 Å². The summed E-state index contributed by atoms with van der Waals surface area (Å²) in [5.74, 6) is 0.886. The third-order valence-corrected chi connectivity index (χ3v) is 4.22. The molecule has 1 aromatic rings. The Labute approximate surface area is 126 Å². The van der Waals surface area contributed by atoms with Crippen molar-refractivity contribution in [1.29, 1.82) is 0 Å². The van der Waals surface area contributed by atoms with Crippen molar-refractivity contribution in [2.75, 3.05) is 19.0 Å². The fourth-order valence-electron chi connectivity index (χ4n) is 2.37. The SMILES string of the molecule is COc1ccc(NC(=O)NCC2CCCC2O)c(Br)c1. The molecule has 0 saturated heterocycles. The van der Waals surface area contributed by atoms with Crippen LogP contribution >= 0.6 is 15.9 Å². The van der Waals surface area contributed by atoms with E-state index in [9.17, 15) is 9.90 Å². The van der Waals surface area contributed by atoms with E-state index in [1.807, 2.05) is 0 Å². The third-order valence-electron chi connectivity index (χ3n) is 3.57. The van der Waals surface area contributed by atoms with Crippen LogP contribution in [0.15, 0.2) is 22.7 Å². The molecule has 2 rings (SSSR count). The smallest absolute Gasteiger partial charge is 0.319 e. The minimum Gasteiger partial charge on any atom is -0.497 e.